The Kier molecular flexibility index (Phi) is 40.9. The van der Waals surface area contributed by atoms with Crippen LogP contribution in [0.2, 0.25) is 0 Å². The first-order valence-corrected chi connectivity index (χ1v) is 28.0. The average molecular weight is 957 g/mol. The number of aliphatic hydroxyl groups excluding tert-OH is 5. The van der Waals surface area contributed by atoms with Crippen LogP contribution in [-0.2, 0) is 27.9 Å². The van der Waals surface area contributed by atoms with Crippen LogP contribution >= 0.6 is 7.82 Å². The molecule has 13 heteroatoms. The average Bonchev–Trinajstić information content (AvgIpc) is 3.30. The maximum atomic E-state index is 12.9. The summed E-state index contributed by atoms with van der Waals surface area (Å²) in [4.78, 5) is 23.3. The molecular formula is C53H97O12P. The van der Waals surface area contributed by atoms with E-state index < -0.39 is 63.1 Å². The SMILES string of the molecule is CCCCC/C=C\C/C=C\C/C=C\CCCCCCCCCOCC(COP(=O)(O)OC1C(O)C(O)C(O)C(O)C1O)OC(=O)CCCCCCCCCCC/C=C\CCCCCCCC. The van der Waals surface area contributed by atoms with Gasteiger partial charge in [-0.2, -0.15) is 0 Å². The summed E-state index contributed by atoms with van der Waals surface area (Å²) in [6, 6.07) is 0. The van der Waals surface area contributed by atoms with E-state index in [4.69, 9.17) is 18.5 Å². The van der Waals surface area contributed by atoms with Gasteiger partial charge in [0.2, 0.25) is 0 Å². The lowest BCUT2D eigenvalue weighted by Crippen LogP contribution is -2.64. The fourth-order valence-corrected chi connectivity index (χ4v) is 8.92. The minimum absolute atomic E-state index is 0.0843. The molecule has 6 atom stereocenters. The molecule has 0 aromatic heterocycles. The first-order chi connectivity index (χ1) is 32.0. The highest BCUT2D eigenvalue weighted by Gasteiger charge is 2.51. The molecule has 1 fully saturated rings. The molecule has 0 amide bonds. The zero-order valence-corrected chi connectivity index (χ0v) is 42.4. The van der Waals surface area contributed by atoms with Gasteiger partial charge in [-0.25, -0.2) is 4.57 Å². The van der Waals surface area contributed by atoms with Crippen molar-refractivity contribution >= 4 is 13.8 Å². The predicted octanol–water partition coefficient (Wildman–Crippen LogP) is 12.0. The number of carbonyl (C=O) groups is 1. The summed E-state index contributed by atoms with van der Waals surface area (Å²) in [6.45, 7) is 4.23. The Morgan fingerprint density at radius 2 is 0.848 bits per heavy atom. The maximum absolute atomic E-state index is 12.9. The Balaban J connectivity index is 2.34. The van der Waals surface area contributed by atoms with Gasteiger partial charge in [0, 0.05) is 13.0 Å². The van der Waals surface area contributed by atoms with Crippen LogP contribution < -0.4 is 0 Å². The fraction of sp³-hybridized carbons (Fsp3) is 0.830. The van der Waals surface area contributed by atoms with Crippen LogP contribution in [-0.4, -0.2) is 98.9 Å². The van der Waals surface area contributed by atoms with Gasteiger partial charge in [-0.15, -0.1) is 0 Å². The predicted molar refractivity (Wildman–Crippen MR) is 267 cm³/mol. The first kappa shape index (κ1) is 62.3. The number of unbranched alkanes of at least 4 members (excludes halogenated alkanes) is 25. The van der Waals surface area contributed by atoms with Crippen molar-refractivity contribution < 1.29 is 58.3 Å². The molecule has 1 aliphatic carbocycles. The van der Waals surface area contributed by atoms with Gasteiger partial charge in [0.05, 0.1) is 13.2 Å². The van der Waals surface area contributed by atoms with E-state index in [1.165, 1.54) is 128 Å². The Morgan fingerprint density at radius 1 is 0.485 bits per heavy atom. The van der Waals surface area contributed by atoms with E-state index in [1.807, 2.05) is 0 Å². The first-order valence-electron chi connectivity index (χ1n) is 26.5. The number of aliphatic hydroxyl groups is 5. The van der Waals surface area contributed by atoms with Crippen LogP contribution in [0, 0.1) is 0 Å². The number of phosphoric acid groups is 1. The van der Waals surface area contributed by atoms with Gasteiger partial charge in [0.25, 0.3) is 0 Å². The highest BCUT2D eigenvalue weighted by molar-refractivity contribution is 7.47. The highest BCUT2D eigenvalue weighted by Crippen LogP contribution is 2.47. The molecule has 0 aromatic carbocycles. The molecule has 386 valence electrons. The van der Waals surface area contributed by atoms with Crippen molar-refractivity contribution in [1.29, 1.82) is 0 Å². The smallest absolute Gasteiger partial charge is 0.457 e. The number of carbonyl (C=O) groups excluding carboxylic acids is 1. The Bertz CT molecular complexity index is 1270. The topological polar surface area (TPSA) is 192 Å². The molecule has 1 saturated carbocycles. The van der Waals surface area contributed by atoms with E-state index in [1.54, 1.807) is 0 Å². The van der Waals surface area contributed by atoms with Gasteiger partial charge in [0.15, 0.2) is 0 Å². The van der Waals surface area contributed by atoms with Crippen molar-refractivity contribution in [3.05, 3.63) is 48.6 Å². The lowest BCUT2D eigenvalue weighted by atomic mass is 9.85. The molecule has 6 N–H and O–H groups in total. The second-order valence-corrected chi connectivity index (χ2v) is 19.8. The minimum atomic E-state index is -5.03. The van der Waals surface area contributed by atoms with Crippen LogP contribution in [0.3, 0.4) is 0 Å². The molecule has 0 bridgehead atoms. The maximum Gasteiger partial charge on any atom is 0.472 e. The largest absolute Gasteiger partial charge is 0.472 e. The normalized spacial score (nSPS) is 21.8. The molecule has 1 rings (SSSR count). The van der Waals surface area contributed by atoms with Crippen molar-refractivity contribution in [2.75, 3.05) is 19.8 Å². The van der Waals surface area contributed by atoms with E-state index in [0.717, 1.165) is 64.2 Å². The van der Waals surface area contributed by atoms with E-state index in [0.29, 0.717) is 13.0 Å². The van der Waals surface area contributed by atoms with Crippen LogP contribution in [0.1, 0.15) is 219 Å². The molecule has 66 heavy (non-hydrogen) atoms. The Morgan fingerprint density at radius 3 is 1.33 bits per heavy atom. The number of allylic oxidation sites excluding steroid dienone is 8. The van der Waals surface area contributed by atoms with E-state index in [-0.39, 0.29) is 13.0 Å². The van der Waals surface area contributed by atoms with Gasteiger partial charge in [-0.05, 0) is 77.0 Å². The minimum Gasteiger partial charge on any atom is -0.457 e. The number of rotatable bonds is 45. The lowest BCUT2D eigenvalue weighted by Gasteiger charge is -2.41. The second-order valence-electron chi connectivity index (χ2n) is 18.4. The number of ether oxygens (including phenoxy) is 2. The van der Waals surface area contributed by atoms with Gasteiger partial charge in [0.1, 0.15) is 42.7 Å². The van der Waals surface area contributed by atoms with Crippen LogP contribution in [0.5, 0.6) is 0 Å². The van der Waals surface area contributed by atoms with E-state index in [9.17, 15) is 39.8 Å². The van der Waals surface area contributed by atoms with Gasteiger partial charge >= 0.3 is 13.8 Å². The molecule has 0 spiro atoms. The molecule has 0 saturated heterocycles. The number of esters is 1. The monoisotopic (exact) mass is 957 g/mol. The third-order valence-corrected chi connectivity index (χ3v) is 13.2. The third-order valence-electron chi connectivity index (χ3n) is 12.2. The summed E-state index contributed by atoms with van der Waals surface area (Å²) in [6.07, 6.45) is 41.7. The van der Waals surface area contributed by atoms with E-state index in [2.05, 4.69) is 62.5 Å². The fourth-order valence-electron chi connectivity index (χ4n) is 7.95. The van der Waals surface area contributed by atoms with E-state index >= 15 is 0 Å². The molecule has 0 heterocycles. The van der Waals surface area contributed by atoms with Crippen molar-refractivity contribution in [1.82, 2.24) is 0 Å². The summed E-state index contributed by atoms with van der Waals surface area (Å²) in [5, 5.41) is 50.3. The number of phosphoric ester groups is 1. The van der Waals surface area contributed by atoms with Gasteiger partial charge in [-0.3, -0.25) is 13.8 Å². The Labute approximate surface area is 401 Å². The number of hydrogen-bond acceptors (Lipinski definition) is 11. The van der Waals surface area contributed by atoms with Gasteiger partial charge in [-0.1, -0.05) is 184 Å². The number of hydrogen-bond donors (Lipinski definition) is 6. The molecule has 1 aliphatic rings. The second kappa shape index (κ2) is 43.3. The Hall–Kier alpha value is -1.70. The molecule has 0 aromatic rings. The third kappa shape index (κ3) is 34.6. The quantitative estimate of drug-likeness (QED) is 0.0147. The molecule has 0 radical (unpaired) electrons. The molecule has 0 aliphatic heterocycles. The molecular weight excluding hydrogens is 860 g/mol. The standard InChI is InChI=1S/C53H97O12P/c1-3-5-7-9-11-13-15-17-19-21-23-25-27-29-31-33-35-37-39-41-43-62-44-46(45-63-66(60,61)65-53-51(58)49(56)48(55)50(57)52(53)59)64-47(54)42-40-38-36-34-32-30-28-26-24-22-20-18-16-14-12-10-8-6-4-2/h11,13,17-20,23,25,46,48-53,55-59H,3-10,12,14-16,21-22,24,26-45H2,1-2H3,(H,60,61)/b13-11-,19-17-,20-18-,25-23-. The van der Waals surface area contributed by atoms with Crippen molar-refractivity contribution in [2.45, 2.75) is 262 Å². The summed E-state index contributed by atoms with van der Waals surface area (Å²) in [7, 11) is -5.03. The summed E-state index contributed by atoms with van der Waals surface area (Å²) >= 11 is 0. The zero-order chi connectivity index (χ0) is 48.4. The van der Waals surface area contributed by atoms with Gasteiger partial charge < -0.3 is 39.9 Å². The molecule has 6 unspecified atom stereocenters. The zero-order valence-electron chi connectivity index (χ0n) is 41.5. The lowest BCUT2D eigenvalue weighted by molar-refractivity contribution is -0.220. The summed E-state index contributed by atoms with van der Waals surface area (Å²) in [5.74, 6) is -0.482. The van der Waals surface area contributed by atoms with Crippen LogP contribution in [0.4, 0.5) is 0 Å². The highest BCUT2D eigenvalue weighted by atomic mass is 31.2. The van der Waals surface area contributed by atoms with Crippen molar-refractivity contribution in [3.63, 3.8) is 0 Å². The summed E-state index contributed by atoms with van der Waals surface area (Å²) in [5.41, 5.74) is 0. The molecule has 12 nitrogen and oxygen atoms in total. The van der Waals surface area contributed by atoms with Crippen LogP contribution in [0.25, 0.3) is 0 Å². The van der Waals surface area contributed by atoms with Crippen molar-refractivity contribution in [2.24, 2.45) is 0 Å². The van der Waals surface area contributed by atoms with Crippen molar-refractivity contribution in [3.8, 4) is 0 Å². The summed E-state index contributed by atoms with van der Waals surface area (Å²) < 4.78 is 34.3. The van der Waals surface area contributed by atoms with Crippen LogP contribution in [0.15, 0.2) is 48.6 Å².